The number of nitrogens with zero attached hydrogens (tertiary/aromatic N) is 1. The molecular weight excluding hydrogens is 304 g/mol. The minimum atomic E-state index is -3.55. The molecule has 1 N–H and O–H groups in total. The molecule has 1 fully saturated rings. The summed E-state index contributed by atoms with van der Waals surface area (Å²) in [5.41, 5.74) is 0.939. The quantitative estimate of drug-likeness (QED) is 0.891. The van der Waals surface area contributed by atoms with Gasteiger partial charge in [-0.15, -0.1) is 0 Å². The van der Waals surface area contributed by atoms with Crippen molar-refractivity contribution in [2.75, 3.05) is 26.7 Å². The summed E-state index contributed by atoms with van der Waals surface area (Å²) >= 11 is 0. The first-order chi connectivity index (χ1) is 10.5. The predicted molar refractivity (Wildman–Crippen MR) is 81.2 cm³/mol. The second kappa shape index (κ2) is 5.89. The van der Waals surface area contributed by atoms with Crippen LogP contribution < -0.4 is 10.1 Å². The normalized spacial score (nSPS) is 22.0. The molecule has 3 rings (SSSR count). The van der Waals surface area contributed by atoms with Gasteiger partial charge >= 0.3 is 0 Å². The van der Waals surface area contributed by atoms with Crippen molar-refractivity contribution in [1.29, 1.82) is 0 Å². The summed E-state index contributed by atoms with van der Waals surface area (Å²) in [5.74, 6) is 0.409. The number of ether oxygens (including phenoxy) is 1. The molecule has 1 atom stereocenters. The Bertz CT molecular complexity index is 687. The molecule has 1 saturated heterocycles. The lowest BCUT2D eigenvalue weighted by atomic mass is 10.1. The number of benzene rings is 1. The number of carbonyl (C=O) groups is 1. The number of nitrogens with one attached hydrogen (secondary N) is 1. The molecule has 1 aromatic rings. The molecule has 0 bridgehead atoms. The Morgan fingerprint density at radius 2 is 2.23 bits per heavy atom. The molecule has 0 saturated carbocycles. The van der Waals surface area contributed by atoms with Crippen LogP contribution in [-0.2, 0) is 21.2 Å². The molecule has 0 aromatic heterocycles. The van der Waals surface area contributed by atoms with Gasteiger partial charge in [0.15, 0.2) is 0 Å². The van der Waals surface area contributed by atoms with Crippen LogP contribution in [0.3, 0.4) is 0 Å². The van der Waals surface area contributed by atoms with E-state index in [9.17, 15) is 13.2 Å². The van der Waals surface area contributed by atoms with Gasteiger partial charge in [0.1, 0.15) is 5.75 Å². The molecule has 1 aromatic carbocycles. The van der Waals surface area contributed by atoms with Gasteiger partial charge in [0.05, 0.1) is 17.4 Å². The Morgan fingerprint density at radius 1 is 1.41 bits per heavy atom. The Kier molecular flexibility index (Phi) is 4.10. The van der Waals surface area contributed by atoms with Crippen LogP contribution in [0.15, 0.2) is 23.1 Å². The zero-order chi connectivity index (χ0) is 15.7. The van der Waals surface area contributed by atoms with E-state index >= 15 is 0 Å². The van der Waals surface area contributed by atoms with Gasteiger partial charge in [-0.3, -0.25) is 4.79 Å². The zero-order valence-corrected chi connectivity index (χ0v) is 13.4. The standard InChI is InChI=1S/C15H20N2O4S/c1-16-15(18)12-6-7-17(10-12)22(19,20)13-4-5-14-11(9-13)3-2-8-21-14/h4-5,9,12H,2-3,6-8,10H2,1H3,(H,16,18). The van der Waals surface area contributed by atoms with Crippen molar-refractivity contribution in [3.8, 4) is 5.75 Å². The van der Waals surface area contributed by atoms with Crippen LogP contribution in [0.25, 0.3) is 0 Å². The molecule has 0 aliphatic carbocycles. The fraction of sp³-hybridized carbons (Fsp3) is 0.533. The highest BCUT2D eigenvalue weighted by Gasteiger charge is 2.35. The van der Waals surface area contributed by atoms with Gasteiger partial charge in [0, 0.05) is 20.1 Å². The summed E-state index contributed by atoms with van der Waals surface area (Å²) in [6.07, 6.45) is 2.30. The fourth-order valence-corrected chi connectivity index (χ4v) is 4.56. The maximum atomic E-state index is 12.7. The van der Waals surface area contributed by atoms with Crippen molar-refractivity contribution in [3.05, 3.63) is 23.8 Å². The Morgan fingerprint density at radius 3 is 3.00 bits per heavy atom. The first kappa shape index (κ1) is 15.3. The van der Waals surface area contributed by atoms with E-state index in [1.807, 2.05) is 0 Å². The average molecular weight is 324 g/mol. The van der Waals surface area contributed by atoms with E-state index in [-0.39, 0.29) is 23.3 Å². The topological polar surface area (TPSA) is 75.7 Å². The lowest BCUT2D eigenvalue weighted by Gasteiger charge is -2.20. The summed E-state index contributed by atoms with van der Waals surface area (Å²) in [5, 5.41) is 2.58. The van der Waals surface area contributed by atoms with E-state index in [2.05, 4.69) is 5.32 Å². The number of rotatable bonds is 3. The van der Waals surface area contributed by atoms with Gasteiger partial charge in [-0.2, -0.15) is 4.31 Å². The van der Waals surface area contributed by atoms with Crippen LogP contribution in [0, 0.1) is 5.92 Å². The van der Waals surface area contributed by atoms with Crippen LogP contribution in [0.1, 0.15) is 18.4 Å². The zero-order valence-electron chi connectivity index (χ0n) is 12.5. The highest BCUT2D eigenvalue weighted by Crippen LogP contribution is 2.30. The van der Waals surface area contributed by atoms with Crippen LogP contribution >= 0.6 is 0 Å². The highest BCUT2D eigenvalue weighted by atomic mass is 32.2. The first-order valence-corrected chi connectivity index (χ1v) is 8.94. The van der Waals surface area contributed by atoms with Gasteiger partial charge in [0.25, 0.3) is 0 Å². The molecule has 6 nitrogen and oxygen atoms in total. The number of hydrogen-bond acceptors (Lipinski definition) is 4. The second-order valence-electron chi connectivity index (χ2n) is 5.68. The van der Waals surface area contributed by atoms with Crippen LogP contribution in [0.4, 0.5) is 0 Å². The number of aryl methyl sites for hydroxylation is 1. The molecule has 2 aliphatic rings. The van der Waals surface area contributed by atoms with Crippen LogP contribution in [0.5, 0.6) is 5.75 Å². The van der Waals surface area contributed by atoms with Crippen molar-refractivity contribution >= 4 is 15.9 Å². The van der Waals surface area contributed by atoms with E-state index in [0.29, 0.717) is 19.6 Å². The summed E-state index contributed by atoms with van der Waals surface area (Å²) in [6.45, 7) is 1.31. The molecule has 1 amide bonds. The molecule has 0 spiro atoms. The van der Waals surface area contributed by atoms with E-state index in [0.717, 1.165) is 24.2 Å². The molecule has 2 heterocycles. The van der Waals surface area contributed by atoms with E-state index in [1.54, 1.807) is 25.2 Å². The number of amides is 1. The SMILES string of the molecule is CNC(=O)C1CCN(S(=O)(=O)c2ccc3c(c2)CCCO3)C1. The van der Waals surface area contributed by atoms with Crippen molar-refractivity contribution in [1.82, 2.24) is 9.62 Å². The molecule has 7 heteroatoms. The van der Waals surface area contributed by atoms with Crippen LogP contribution in [-0.4, -0.2) is 45.4 Å². The fourth-order valence-electron chi connectivity index (χ4n) is 3.01. The Labute approximate surface area is 130 Å². The second-order valence-corrected chi connectivity index (χ2v) is 7.62. The van der Waals surface area contributed by atoms with Crippen LogP contribution in [0.2, 0.25) is 0 Å². The van der Waals surface area contributed by atoms with E-state index in [4.69, 9.17) is 4.74 Å². The minimum Gasteiger partial charge on any atom is -0.493 e. The largest absolute Gasteiger partial charge is 0.493 e. The Balaban J connectivity index is 1.83. The number of carbonyl (C=O) groups excluding carboxylic acids is 1. The third kappa shape index (κ3) is 2.70. The number of fused-ring (bicyclic) bond motifs is 1. The van der Waals surface area contributed by atoms with Gasteiger partial charge in [-0.1, -0.05) is 0 Å². The molecule has 0 radical (unpaired) electrons. The smallest absolute Gasteiger partial charge is 0.243 e. The monoisotopic (exact) mass is 324 g/mol. The van der Waals surface area contributed by atoms with Crippen molar-refractivity contribution in [2.45, 2.75) is 24.2 Å². The van der Waals surface area contributed by atoms with Gasteiger partial charge in [-0.25, -0.2) is 8.42 Å². The highest BCUT2D eigenvalue weighted by molar-refractivity contribution is 7.89. The molecule has 2 aliphatic heterocycles. The van der Waals surface area contributed by atoms with Crippen molar-refractivity contribution < 1.29 is 17.9 Å². The maximum absolute atomic E-state index is 12.7. The summed E-state index contributed by atoms with van der Waals surface area (Å²) in [6, 6.07) is 5.03. The predicted octanol–water partition coefficient (Wildman–Crippen LogP) is 0.768. The minimum absolute atomic E-state index is 0.100. The summed E-state index contributed by atoms with van der Waals surface area (Å²) in [4.78, 5) is 12.0. The summed E-state index contributed by atoms with van der Waals surface area (Å²) < 4.78 is 32.4. The molecule has 120 valence electrons. The van der Waals surface area contributed by atoms with Gasteiger partial charge in [-0.05, 0) is 43.0 Å². The van der Waals surface area contributed by atoms with Crippen molar-refractivity contribution in [2.24, 2.45) is 5.92 Å². The maximum Gasteiger partial charge on any atom is 0.243 e. The lowest BCUT2D eigenvalue weighted by Crippen LogP contribution is -2.33. The lowest BCUT2D eigenvalue weighted by molar-refractivity contribution is -0.123. The van der Waals surface area contributed by atoms with E-state index in [1.165, 1.54) is 4.31 Å². The third-order valence-electron chi connectivity index (χ3n) is 4.29. The van der Waals surface area contributed by atoms with E-state index < -0.39 is 10.0 Å². The number of sulfonamides is 1. The molecule has 1 unspecified atom stereocenters. The molecular formula is C15H20N2O4S. The molecule has 22 heavy (non-hydrogen) atoms. The van der Waals surface area contributed by atoms with Crippen molar-refractivity contribution in [3.63, 3.8) is 0 Å². The average Bonchev–Trinajstić information content (AvgIpc) is 3.04. The van der Waals surface area contributed by atoms with Gasteiger partial charge < -0.3 is 10.1 Å². The third-order valence-corrected chi connectivity index (χ3v) is 6.15. The summed E-state index contributed by atoms with van der Waals surface area (Å²) in [7, 11) is -1.98. The first-order valence-electron chi connectivity index (χ1n) is 7.50. The Hall–Kier alpha value is -1.60. The number of hydrogen-bond donors (Lipinski definition) is 1. The van der Waals surface area contributed by atoms with Gasteiger partial charge in [0.2, 0.25) is 15.9 Å².